The van der Waals surface area contributed by atoms with Gasteiger partial charge in [-0.25, -0.2) is 0 Å². The van der Waals surface area contributed by atoms with Crippen LogP contribution in [0.1, 0.15) is 28.4 Å². The SMILES string of the molecule is O=C(CN1CCSCC1)N1CCN(C2c3ccc(Cl)c(Br)c3CCc3cc(Br)cnc32)CC1. The molecule has 3 aliphatic rings. The Kier molecular flexibility index (Phi) is 7.69. The molecular weight excluding hydrogens is 588 g/mol. The van der Waals surface area contributed by atoms with E-state index in [4.69, 9.17) is 16.6 Å². The van der Waals surface area contributed by atoms with Crippen molar-refractivity contribution in [2.24, 2.45) is 0 Å². The summed E-state index contributed by atoms with van der Waals surface area (Å²) >= 11 is 15.8. The first-order valence-corrected chi connectivity index (χ1v) is 14.6. The van der Waals surface area contributed by atoms with Gasteiger partial charge in [0.1, 0.15) is 0 Å². The lowest BCUT2D eigenvalue weighted by molar-refractivity contribution is -0.134. The van der Waals surface area contributed by atoms with Gasteiger partial charge >= 0.3 is 0 Å². The van der Waals surface area contributed by atoms with Crippen LogP contribution in [-0.4, -0.2) is 82.9 Å². The van der Waals surface area contributed by atoms with Crippen molar-refractivity contribution in [2.45, 2.75) is 18.9 Å². The van der Waals surface area contributed by atoms with Gasteiger partial charge in [0.2, 0.25) is 5.91 Å². The molecule has 0 saturated carbocycles. The van der Waals surface area contributed by atoms with Crippen LogP contribution in [0.25, 0.3) is 0 Å². The fraction of sp³-hybridized carbons (Fsp3) is 0.500. The molecule has 1 atom stereocenters. The molecule has 1 aliphatic carbocycles. The van der Waals surface area contributed by atoms with E-state index in [1.165, 1.54) is 16.7 Å². The Hall–Kier alpha value is -0.640. The molecule has 5 rings (SSSR count). The molecule has 9 heteroatoms. The highest BCUT2D eigenvalue weighted by atomic mass is 79.9. The second kappa shape index (κ2) is 10.5. The molecule has 3 heterocycles. The Bertz CT molecular complexity index is 1040. The Morgan fingerprint density at radius 1 is 1.09 bits per heavy atom. The molecule has 1 aromatic carbocycles. The maximum absolute atomic E-state index is 12.9. The molecule has 0 radical (unpaired) electrons. The Morgan fingerprint density at radius 3 is 2.61 bits per heavy atom. The molecular formula is C24H27Br2ClN4OS. The minimum Gasteiger partial charge on any atom is -0.339 e. The summed E-state index contributed by atoms with van der Waals surface area (Å²) in [6.07, 6.45) is 3.75. The molecule has 5 nitrogen and oxygen atoms in total. The fourth-order valence-electron chi connectivity index (χ4n) is 5.11. The number of carbonyl (C=O) groups is 1. The Labute approximate surface area is 221 Å². The quantitative estimate of drug-likeness (QED) is 0.504. The van der Waals surface area contributed by atoms with Gasteiger partial charge in [0.15, 0.2) is 0 Å². The first-order chi connectivity index (χ1) is 16.0. The highest BCUT2D eigenvalue weighted by Crippen LogP contribution is 2.41. The number of hydrogen-bond acceptors (Lipinski definition) is 5. The van der Waals surface area contributed by atoms with E-state index in [2.05, 4.69) is 53.8 Å². The number of amides is 1. The van der Waals surface area contributed by atoms with Crippen molar-refractivity contribution < 1.29 is 4.79 Å². The molecule has 2 saturated heterocycles. The number of nitrogens with zero attached hydrogens (tertiary/aromatic N) is 4. The van der Waals surface area contributed by atoms with Crippen molar-refractivity contribution in [3.8, 4) is 0 Å². The lowest BCUT2D eigenvalue weighted by atomic mass is 9.96. The molecule has 0 spiro atoms. The van der Waals surface area contributed by atoms with Crippen LogP contribution in [0.2, 0.25) is 5.02 Å². The minimum atomic E-state index is 0.0653. The normalized spacial score (nSPS) is 21.9. The summed E-state index contributed by atoms with van der Waals surface area (Å²) in [6.45, 7) is 5.78. The van der Waals surface area contributed by atoms with Crippen LogP contribution >= 0.6 is 55.2 Å². The molecule has 2 aliphatic heterocycles. The van der Waals surface area contributed by atoms with E-state index in [1.54, 1.807) is 0 Å². The van der Waals surface area contributed by atoms with E-state index in [0.29, 0.717) is 6.54 Å². The smallest absolute Gasteiger partial charge is 0.236 e. The average molecular weight is 615 g/mol. The van der Waals surface area contributed by atoms with Crippen molar-refractivity contribution in [2.75, 3.05) is 57.3 Å². The summed E-state index contributed by atoms with van der Waals surface area (Å²) in [5, 5.41) is 0.749. The van der Waals surface area contributed by atoms with E-state index in [9.17, 15) is 4.79 Å². The molecule has 2 fully saturated rings. The predicted molar refractivity (Wildman–Crippen MR) is 142 cm³/mol. The number of aryl methyl sites for hydroxylation is 1. The summed E-state index contributed by atoms with van der Waals surface area (Å²) in [4.78, 5) is 24.7. The Balaban J connectivity index is 1.38. The number of rotatable bonds is 3. The largest absolute Gasteiger partial charge is 0.339 e. The minimum absolute atomic E-state index is 0.0653. The molecule has 0 N–H and O–H groups in total. The second-order valence-electron chi connectivity index (χ2n) is 8.83. The first kappa shape index (κ1) is 24.1. The third-order valence-corrected chi connectivity index (χ3v) is 9.72. The number of benzene rings is 1. The van der Waals surface area contributed by atoms with E-state index in [-0.39, 0.29) is 11.9 Å². The van der Waals surface area contributed by atoms with Gasteiger partial charge in [-0.05, 0) is 73.5 Å². The van der Waals surface area contributed by atoms with Gasteiger partial charge in [-0.2, -0.15) is 11.8 Å². The zero-order chi connectivity index (χ0) is 22.9. The van der Waals surface area contributed by atoms with Gasteiger partial charge in [0.05, 0.1) is 23.3 Å². The van der Waals surface area contributed by atoms with Gasteiger partial charge in [-0.15, -0.1) is 0 Å². The van der Waals surface area contributed by atoms with E-state index in [1.807, 2.05) is 28.9 Å². The molecule has 2 aromatic rings. The van der Waals surface area contributed by atoms with Gasteiger partial charge in [0, 0.05) is 65.9 Å². The number of aromatic nitrogens is 1. The van der Waals surface area contributed by atoms with Gasteiger partial charge in [0.25, 0.3) is 0 Å². The number of fused-ring (bicyclic) bond motifs is 2. The topological polar surface area (TPSA) is 39.7 Å². The van der Waals surface area contributed by atoms with Crippen molar-refractivity contribution >= 4 is 61.1 Å². The maximum atomic E-state index is 12.9. The highest BCUT2D eigenvalue weighted by molar-refractivity contribution is 9.10. The third-order valence-electron chi connectivity index (χ3n) is 6.89. The highest BCUT2D eigenvalue weighted by Gasteiger charge is 2.34. The summed E-state index contributed by atoms with van der Waals surface area (Å²) < 4.78 is 2.00. The lowest BCUT2D eigenvalue weighted by Gasteiger charge is -2.40. The number of piperazine rings is 1. The number of thioether (sulfide) groups is 1. The maximum Gasteiger partial charge on any atom is 0.236 e. The summed E-state index contributed by atoms with van der Waals surface area (Å²) in [5.41, 5.74) is 4.93. The lowest BCUT2D eigenvalue weighted by Crippen LogP contribution is -2.52. The zero-order valence-electron chi connectivity index (χ0n) is 18.4. The second-order valence-corrected chi connectivity index (χ2v) is 12.2. The monoisotopic (exact) mass is 612 g/mol. The summed E-state index contributed by atoms with van der Waals surface area (Å²) in [5.74, 6) is 2.52. The zero-order valence-corrected chi connectivity index (χ0v) is 23.1. The van der Waals surface area contributed by atoms with Crippen LogP contribution in [-0.2, 0) is 17.6 Å². The van der Waals surface area contributed by atoms with Crippen LogP contribution in [0.5, 0.6) is 0 Å². The number of hydrogen-bond donors (Lipinski definition) is 0. The van der Waals surface area contributed by atoms with Crippen LogP contribution in [0.3, 0.4) is 0 Å². The Morgan fingerprint density at radius 2 is 1.85 bits per heavy atom. The molecule has 1 amide bonds. The molecule has 0 bridgehead atoms. The molecule has 33 heavy (non-hydrogen) atoms. The van der Waals surface area contributed by atoms with Gasteiger partial charge in [-0.1, -0.05) is 17.7 Å². The van der Waals surface area contributed by atoms with Crippen molar-refractivity contribution in [3.63, 3.8) is 0 Å². The number of pyridine rings is 1. The average Bonchev–Trinajstić information content (AvgIpc) is 2.99. The predicted octanol–water partition coefficient (Wildman–Crippen LogP) is 4.64. The molecule has 1 unspecified atom stereocenters. The van der Waals surface area contributed by atoms with Crippen LogP contribution in [0.4, 0.5) is 0 Å². The van der Waals surface area contributed by atoms with E-state index < -0.39 is 0 Å². The third kappa shape index (κ3) is 5.16. The number of carbonyl (C=O) groups excluding carboxylic acids is 1. The molecule has 1 aromatic heterocycles. The summed E-state index contributed by atoms with van der Waals surface area (Å²) in [6, 6.07) is 6.42. The van der Waals surface area contributed by atoms with Crippen molar-refractivity contribution in [1.29, 1.82) is 0 Å². The van der Waals surface area contributed by atoms with Crippen molar-refractivity contribution in [1.82, 2.24) is 19.7 Å². The van der Waals surface area contributed by atoms with E-state index in [0.717, 1.165) is 83.3 Å². The van der Waals surface area contributed by atoms with Gasteiger partial charge < -0.3 is 4.90 Å². The van der Waals surface area contributed by atoms with Gasteiger partial charge in [-0.3, -0.25) is 19.6 Å². The fourth-order valence-corrected chi connectivity index (χ4v) is 7.21. The van der Waals surface area contributed by atoms with Crippen LogP contribution in [0.15, 0.2) is 33.3 Å². The molecule has 176 valence electrons. The first-order valence-electron chi connectivity index (χ1n) is 11.4. The van der Waals surface area contributed by atoms with Crippen LogP contribution < -0.4 is 0 Å². The van der Waals surface area contributed by atoms with Crippen molar-refractivity contribution in [3.05, 3.63) is 60.7 Å². The van der Waals surface area contributed by atoms with E-state index >= 15 is 0 Å². The van der Waals surface area contributed by atoms with Crippen LogP contribution in [0, 0.1) is 0 Å². The summed E-state index contributed by atoms with van der Waals surface area (Å²) in [7, 11) is 0. The number of halogens is 3. The standard InChI is InChI=1S/C24H27Br2ClN4OS/c25-17-13-16-1-2-18-19(3-4-20(27)22(18)26)24(23(16)28-14-17)31-7-5-30(6-8-31)21(32)15-29-9-11-33-12-10-29/h3-4,13-14,24H,1-2,5-12,15H2.